The molecule has 7 nitrogen and oxygen atoms in total. The number of carbonyl (C=O) groups excluding carboxylic acids is 2. The topological polar surface area (TPSA) is 101 Å². The number of amidine groups is 1. The zero-order valence-corrected chi connectivity index (χ0v) is 17.3. The molecule has 1 aliphatic heterocycles. The lowest BCUT2D eigenvalue weighted by molar-refractivity contribution is -0.134. The van der Waals surface area contributed by atoms with Crippen LogP contribution in [0.5, 0.6) is 0 Å². The van der Waals surface area contributed by atoms with E-state index in [2.05, 4.69) is 15.3 Å². The number of halogens is 3. The van der Waals surface area contributed by atoms with Crippen LogP contribution < -0.4 is 11.1 Å². The van der Waals surface area contributed by atoms with Crippen molar-refractivity contribution in [3.63, 3.8) is 0 Å². The second kappa shape index (κ2) is 8.25. The monoisotopic (exact) mass is 445 g/mol. The van der Waals surface area contributed by atoms with E-state index in [0.717, 1.165) is 12.1 Å². The molecule has 3 N–H and O–H groups in total. The number of hydrogen-bond donors (Lipinski definition) is 2. The molecule has 1 atom stereocenters. The quantitative estimate of drug-likeness (QED) is 0.739. The zero-order chi connectivity index (χ0) is 23.0. The molecule has 0 radical (unpaired) electrons. The Hall–Kier alpha value is -3.43. The van der Waals surface area contributed by atoms with Gasteiger partial charge in [0.05, 0.1) is 13.1 Å². The van der Waals surface area contributed by atoms with Crippen LogP contribution in [0.15, 0.2) is 41.5 Å². The Bertz CT molecular complexity index is 1100. The summed E-state index contributed by atoms with van der Waals surface area (Å²) in [7, 11) is 0. The second-order valence-corrected chi connectivity index (χ2v) is 8.11. The van der Waals surface area contributed by atoms with Gasteiger partial charge in [0.1, 0.15) is 17.3 Å². The van der Waals surface area contributed by atoms with Crippen molar-refractivity contribution >= 4 is 23.3 Å². The van der Waals surface area contributed by atoms with Crippen molar-refractivity contribution < 1.29 is 22.8 Å². The Kier molecular flexibility index (Phi) is 5.62. The number of amides is 2. The number of aryl methyl sites for hydroxylation is 1. The largest absolute Gasteiger partial charge is 0.386 e. The molecule has 2 amide bonds. The normalized spacial score (nSPS) is 20.8. The van der Waals surface area contributed by atoms with Crippen LogP contribution in [-0.2, 0) is 10.3 Å². The predicted molar refractivity (Wildman–Crippen MR) is 112 cm³/mol. The van der Waals surface area contributed by atoms with Gasteiger partial charge in [-0.1, -0.05) is 6.07 Å². The van der Waals surface area contributed by atoms with E-state index in [-0.39, 0.29) is 35.6 Å². The Labute approximate surface area is 182 Å². The third kappa shape index (κ3) is 4.04. The fraction of sp³-hybridized carbons (Fsp3) is 0.364. The third-order valence-corrected chi connectivity index (χ3v) is 5.64. The molecule has 1 aliphatic carbocycles. The van der Waals surface area contributed by atoms with Crippen molar-refractivity contribution in [2.24, 2.45) is 16.6 Å². The van der Waals surface area contributed by atoms with Crippen LogP contribution in [0.4, 0.5) is 18.9 Å². The standard InChI is InChI=1S/C22H22F3N5O2/c1-12-3-2-8-27-18(12)19(31)28-14-6-7-16(23)15(9-14)22(21(24)25)11-30(10-17(26)29-22)20(32)13-4-5-13/h2-3,6-9,13,21H,4-5,10-11H2,1H3,(H2,26,29)(H,28,31). The SMILES string of the molecule is Cc1cccnc1C(=O)Nc1ccc(F)c(C2(C(F)F)CN(C(=O)C3CC3)CC(N)=N2)c1. The average Bonchev–Trinajstić information content (AvgIpc) is 3.59. The molecule has 168 valence electrons. The van der Waals surface area contributed by atoms with Crippen molar-refractivity contribution in [3.8, 4) is 0 Å². The molecule has 0 saturated heterocycles. The van der Waals surface area contributed by atoms with Crippen LogP contribution in [0.2, 0.25) is 0 Å². The number of aromatic nitrogens is 1. The molecule has 0 bridgehead atoms. The zero-order valence-electron chi connectivity index (χ0n) is 17.3. The number of nitrogens with two attached hydrogens (primary N) is 1. The first-order valence-electron chi connectivity index (χ1n) is 10.2. The molecule has 1 saturated carbocycles. The van der Waals surface area contributed by atoms with E-state index in [0.29, 0.717) is 18.4 Å². The van der Waals surface area contributed by atoms with Gasteiger partial charge in [0.25, 0.3) is 12.3 Å². The van der Waals surface area contributed by atoms with Gasteiger partial charge in [0.15, 0.2) is 5.54 Å². The highest BCUT2D eigenvalue weighted by Crippen LogP contribution is 2.40. The third-order valence-electron chi connectivity index (χ3n) is 5.64. The first-order chi connectivity index (χ1) is 15.2. The molecule has 1 fully saturated rings. The van der Waals surface area contributed by atoms with E-state index in [1.807, 2.05) is 0 Å². The van der Waals surface area contributed by atoms with Gasteiger partial charge in [-0.3, -0.25) is 19.6 Å². The second-order valence-electron chi connectivity index (χ2n) is 8.11. The number of carbonyl (C=O) groups is 2. The first-order valence-corrected chi connectivity index (χ1v) is 10.2. The van der Waals surface area contributed by atoms with Gasteiger partial charge in [-0.05, 0) is 49.6 Å². The Morgan fingerprint density at radius 2 is 2.03 bits per heavy atom. The van der Waals surface area contributed by atoms with Gasteiger partial charge >= 0.3 is 0 Å². The summed E-state index contributed by atoms with van der Waals surface area (Å²) < 4.78 is 43.7. The molecule has 1 aromatic carbocycles. The molecule has 1 unspecified atom stereocenters. The molecule has 32 heavy (non-hydrogen) atoms. The molecule has 2 aromatic rings. The number of benzene rings is 1. The summed E-state index contributed by atoms with van der Waals surface area (Å²) in [5.41, 5.74) is 3.87. The van der Waals surface area contributed by atoms with E-state index >= 15 is 0 Å². The summed E-state index contributed by atoms with van der Waals surface area (Å²) >= 11 is 0. The van der Waals surface area contributed by atoms with E-state index in [1.165, 1.54) is 17.2 Å². The van der Waals surface area contributed by atoms with Crippen LogP contribution in [0.3, 0.4) is 0 Å². The number of pyridine rings is 1. The number of alkyl halides is 2. The molecule has 4 rings (SSSR count). The predicted octanol–water partition coefficient (Wildman–Crippen LogP) is 2.85. The van der Waals surface area contributed by atoms with Crippen molar-refractivity contribution in [1.29, 1.82) is 0 Å². The van der Waals surface area contributed by atoms with Crippen molar-refractivity contribution in [1.82, 2.24) is 9.88 Å². The Morgan fingerprint density at radius 3 is 2.69 bits per heavy atom. The van der Waals surface area contributed by atoms with Crippen LogP contribution in [0.25, 0.3) is 0 Å². The number of aliphatic imine (C=N–C) groups is 1. The summed E-state index contributed by atoms with van der Waals surface area (Å²) in [6.07, 6.45) is -0.308. The molecule has 2 heterocycles. The summed E-state index contributed by atoms with van der Waals surface area (Å²) in [4.78, 5) is 34.3. The molecular weight excluding hydrogens is 423 g/mol. The van der Waals surface area contributed by atoms with E-state index in [9.17, 15) is 22.8 Å². The molecule has 1 aromatic heterocycles. The average molecular weight is 445 g/mol. The lowest BCUT2D eigenvalue weighted by atomic mass is 9.87. The highest BCUT2D eigenvalue weighted by molar-refractivity contribution is 6.03. The minimum Gasteiger partial charge on any atom is -0.386 e. The lowest BCUT2D eigenvalue weighted by Gasteiger charge is -2.39. The van der Waals surface area contributed by atoms with Crippen LogP contribution in [0.1, 0.15) is 34.5 Å². The fourth-order valence-electron chi connectivity index (χ4n) is 3.84. The number of rotatable bonds is 5. The highest BCUT2D eigenvalue weighted by Gasteiger charge is 2.50. The molecular formula is C22H22F3N5O2. The van der Waals surface area contributed by atoms with Crippen molar-refractivity contribution in [3.05, 3.63) is 59.2 Å². The first kappa shape index (κ1) is 21.8. The number of hydrogen-bond acceptors (Lipinski definition) is 5. The maximum absolute atomic E-state index is 14.8. The minimum absolute atomic E-state index is 0.0825. The van der Waals surface area contributed by atoms with Crippen molar-refractivity contribution in [2.75, 3.05) is 18.4 Å². The van der Waals surface area contributed by atoms with Crippen LogP contribution in [-0.4, -0.2) is 47.0 Å². The van der Waals surface area contributed by atoms with E-state index in [1.54, 1.807) is 19.1 Å². The van der Waals surface area contributed by atoms with Gasteiger partial charge in [-0.25, -0.2) is 13.2 Å². The van der Waals surface area contributed by atoms with Crippen LogP contribution >= 0.6 is 0 Å². The maximum atomic E-state index is 14.8. The highest BCUT2D eigenvalue weighted by atomic mass is 19.3. The van der Waals surface area contributed by atoms with Gasteiger partial charge in [0, 0.05) is 23.4 Å². The van der Waals surface area contributed by atoms with Gasteiger partial charge in [-0.15, -0.1) is 0 Å². The minimum atomic E-state index is -3.14. The molecule has 2 aliphatic rings. The van der Waals surface area contributed by atoms with Gasteiger partial charge in [0.2, 0.25) is 5.91 Å². The summed E-state index contributed by atoms with van der Waals surface area (Å²) in [5, 5.41) is 2.56. The summed E-state index contributed by atoms with van der Waals surface area (Å²) in [6, 6.07) is 6.73. The molecule has 10 heteroatoms. The van der Waals surface area contributed by atoms with Gasteiger partial charge < -0.3 is 16.0 Å². The summed E-state index contributed by atoms with van der Waals surface area (Å²) in [6.45, 7) is 1.12. The number of nitrogens with zero attached hydrogens (tertiary/aromatic N) is 3. The van der Waals surface area contributed by atoms with Crippen molar-refractivity contribution in [2.45, 2.75) is 31.7 Å². The fourth-order valence-corrected chi connectivity index (χ4v) is 3.84. The smallest absolute Gasteiger partial charge is 0.274 e. The van der Waals surface area contributed by atoms with Crippen LogP contribution in [0, 0.1) is 18.7 Å². The number of nitrogens with one attached hydrogen (secondary N) is 1. The Morgan fingerprint density at radius 1 is 1.28 bits per heavy atom. The summed E-state index contributed by atoms with van der Waals surface area (Å²) in [5.74, 6) is -2.18. The maximum Gasteiger partial charge on any atom is 0.274 e. The Balaban J connectivity index is 1.70. The van der Waals surface area contributed by atoms with E-state index < -0.39 is 35.8 Å². The number of anilines is 1. The van der Waals surface area contributed by atoms with Gasteiger partial charge in [-0.2, -0.15) is 0 Å². The lowest BCUT2D eigenvalue weighted by Crippen LogP contribution is -2.55. The van der Waals surface area contributed by atoms with E-state index in [4.69, 9.17) is 5.73 Å². The molecule has 0 spiro atoms.